The lowest BCUT2D eigenvalue weighted by Crippen LogP contribution is -2.51. The molecule has 0 aromatic heterocycles. The summed E-state index contributed by atoms with van der Waals surface area (Å²) in [7, 11) is 1.56. The van der Waals surface area contributed by atoms with Gasteiger partial charge in [0.1, 0.15) is 17.2 Å². The normalized spacial score (nSPS) is 23.5. The van der Waals surface area contributed by atoms with E-state index >= 15 is 0 Å². The molecule has 1 saturated heterocycles. The molecule has 208 valence electrons. The first-order valence-corrected chi connectivity index (χ1v) is 14.1. The molecule has 0 bridgehead atoms. The molecule has 6 nitrogen and oxygen atoms in total. The number of nitrogens with one attached hydrogen (secondary N) is 1. The van der Waals surface area contributed by atoms with Gasteiger partial charge in [-0.05, 0) is 55.3 Å². The Morgan fingerprint density at radius 3 is 2.36 bits per heavy atom. The van der Waals surface area contributed by atoms with Gasteiger partial charge < -0.3 is 15.0 Å². The van der Waals surface area contributed by atoms with E-state index in [2.05, 4.69) is 17.5 Å². The molecule has 4 atom stereocenters. The van der Waals surface area contributed by atoms with Gasteiger partial charge in [-0.15, -0.1) is 0 Å². The molecule has 1 N–H and O–H groups in total. The summed E-state index contributed by atoms with van der Waals surface area (Å²) in [4.78, 5) is 46.2. The second-order valence-corrected chi connectivity index (χ2v) is 11.3. The number of fused-ring (bicyclic) bond motifs is 6. The number of allylic oxidation sites excluding steroid dienone is 1. The van der Waals surface area contributed by atoms with Crippen LogP contribution in [0.25, 0.3) is 5.57 Å². The van der Waals surface area contributed by atoms with Gasteiger partial charge in [0.15, 0.2) is 11.6 Å². The Kier molecular flexibility index (Phi) is 5.91. The smallest absolute Gasteiger partial charge is 0.238 e. The Hall–Kier alpha value is -4.97. The highest BCUT2D eigenvalue weighted by molar-refractivity contribution is 6.18. The average molecular weight is 555 g/mol. The highest BCUT2D eigenvalue weighted by Gasteiger charge is 2.70. The maximum absolute atomic E-state index is 14.8. The number of Topliss-reactive ketones (excluding diaryl/α,β-unsaturated/α-hetero) is 2. The number of methoxy groups -OCH3 is 1. The molecule has 3 aliphatic heterocycles. The minimum atomic E-state index is -1.34. The largest absolute Gasteiger partial charge is 0.497 e. The lowest BCUT2D eigenvalue weighted by atomic mass is 9.64. The Labute approximate surface area is 244 Å². The number of amides is 1. The highest BCUT2D eigenvalue weighted by Crippen LogP contribution is 2.59. The van der Waals surface area contributed by atoms with Crippen LogP contribution in [0.1, 0.15) is 44.3 Å². The van der Waals surface area contributed by atoms with Gasteiger partial charge in [-0.25, -0.2) is 0 Å². The molecule has 4 aromatic carbocycles. The lowest BCUT2D eigenvalue weighted by molar-refractivity contribution is -0.121. The first kappa shape index (κ1) is 26.0. The highest BCUT2D eigenvalue weighted by atomic mass is 16.5. The van der Waals surface area contributed by atoms with Crippen LogP contribution in [-0.4, -0.2) is 36.7 Å². The predicted molar refractivity (Wildman–Crippen MR) is 163 cm³/mol. The minimum Gasteiger partial charge on any atom is -0.497 e. The number of aryl methyl sites for hydroxylation is 1. The van der Waals surface area contributed by atoms with Gasteiger partial charge in [0, 0.05) is 28.1 Å². The second kappa shape index (κ2) is 9.55. The Bertz CT molecular complexity index is 1810. The van der Waals surface area contributed by atoms with Gasteiger partial charge in [0.2, 0.25) is 5.91 Å². The molecule has 42 heavy (non-hydrogen) atoms. The number of para-hydroxylation sites is 1. The minimum absolute atomic E-state index is 0.235. The molecule has 7 rings (SSSR count). The predicted octanol–water partition coefficient (Wildman–Crippen LogP) is 6.25. The molecule has 3 aliphatic rings. The van der Waals surface area contributed by atoms with Gasteiger partial charge in [0.25, 0.3) is 0 Å². The molecule has 0 saturated carbocycles. The van der Waals surface area contributed by atoms with Crippen molar-refractivity contribution in [1.29, 1.82) is 0 Å². The van der Waals surface area contributed by atoms with E-state index in [9.17, 15) is 14.4 Å². The standard InChI is InChI=1S/C36H30N2O4/c1-21-16-17-29-26(18-21)22(2)19-30-36(27-14-7-8-15-28(27)37-35(36)41)31(33(39)23-10-5-4-6-11-23)32(38(29)30)34(40)24-12-9-13-25(20-24)42-3/h4-20,30-32H,1-3H3,(H,37,41)/t30-,31+,32-,36-/m0/s1. The van der Waals surface area contributed by atoms with Crippen LogP contribution < -0.4 is 15.0 Å². The maximum atomic E-state index is 14.8. The fourth-order valence-electron chi connectivity index (χ4n) is 7.28. The van der Waals surface area contributed by atoms with Crippen molar-refractivity contribution in [2.24, 2.45) is 5.92 Å². The van der Waals surface area contributed by atoms with E-state index in [1.165, 1.54) is 0 Å². The van der Waals surface area contributed by atoms with E-state index in [0.717, 1.165) is 28.0 Å². The van der Waals surface area contributed by atoms with E-state index in [1.807, 2.05) is 73.3 Å². The molecular weight excluding hydrogens is 524 g/mol. The van der Waals surface area contributed by atoms with Crippen molar-refractivity contribution in [1.82, 2.24) is 0 Å². The van der Waals surface area contributed by atoms with Crippen molar-refractivity contribution in [3.8, 4) is 5.75 Å². The van der Waals surface area contributed by atoms with Crippen LogP contribution in [0.4, 0.5) is 11.4 Å². The lowest BCUT2D eigenvalue weighted by Gasteiger charge is -2.39. The number of carbonyl (C=O) groups is 3. The zero-order valence-corrected chi connectivity index (χ0v) is 23.6. The average Bonchev–Trinajstić information content (AvgIpc) is 3.49. The van der Waals surface area contributed by atoms with Crippen LogP contribution >= 0.6 is 0 Å². The van der Waals surface area contributed by atoms with E-state index in [4.69, 9.17) is 4.74 Å². The van der Waals surface area contributed by atoms with Crippen molar-refractivity contribution >= 4 is 34.4 Å². The van der Waals surface area contributed by atoms with Gasteiger partial charge in [-0.3, -0.25) is 14.4 Å². The van der Waals surface area contributed by atoms with Gasteiger partial charge in [0.05, 0.1) is 19.1 Å². The summed E-state index contributed by atoms with van der Waals surface area (Å²) in [6.07, 6.45) is 2.08. The summed E-state index contributed by atoms with van der Waals surface area (Å²) in [5.41, 5.74) is 4.88. The van der Waals surface area contributed by atoms with Gasteiger partial charge in [-0.1, -0.05) is 78.4 Å². The number of anilines is 2. The topological polar surface area (TPSA) is 75.7 Å². The Balaban J connectivity index is 1.56. The van der Waals surface area contributed by atoms with E-state index in [-0.39, 0.29) is 17.5 Å². The number of nitrogens with zero attached hydrogens (tertiary/aromatic N) is 1. The van der Waals surface area contributed by atoms with Crippen LogP contribution in [-0.2, 0) is 10.2 Å². The second-order valence-electron chi connectivity index (χ2n) is 11.3. The molecule has 1 amide bonds. The van der Waals surface area contributed by atoms with Crippen LogP contribution in [0.15, 0.2) is 103 Å². The monoisotopic (exact) mass is 554 g/mol. The number of hydrogen-bond acceptors (Lipinski definition) is 5. The van der Waals surface area contributed by atoms with Crippen molar-refractivity contribution in [3.05, 3.63) is 131 Å². The molecule has 1 fully saturated rings. The summed E-state index contributed by atoms with van der Waals surface area (Å²) < 4.78 is 5.45. The maximum Gasteiger partial charge on any atom is 0.238 e. The SMILES string of the molecule is COc1cccc(C(=O)[C@@H]2[C@H](C(=O)c3ccccc3)[C@@]3(C(=O)Nc4ccccc43)[C@@H]3C=C(C)c4cc(C)ccc4N23)c1. The van der Waals surface area contributed by atoms with Crippen LogP contribution in [0, 0.1) is 12.8 Å². The van der Waals surface area contributed by atoms with E-state index in [1.54, 1.807) is 43.5 Å². The third-order valence-electron chi connectivity index (χ3n) is 9.10. The summed E-state index contributed by atoms with van der Waals surface area (Å²) in [5.74, 6) is -1.21. The van der Waals surface area contributed by atoms with Crippen molar-refractivity contribution in [3.63, 3.8) is 0 Å². The summed E-state index contributed by atoms with van der Waals surface area (Å²) >= 11 is 0. The van der Waals surface area contributed by atoms with Crippen LogP contribution in [0.3, 0.4) is 0 Å². The molecule has 6 heteroatoms. The number of ether oxygens (including phenoxy) is 1. The Morgan fingerprint density at radius 1 is 0.833 bits per heavy atom. The molecule has 0 radical (unpaired) electrons. The molecule has 4 aromatic rings. The number of ketones is 2. The molecule has 3 heterocycles. The van der Waals surface area contributed by atoms with Crippen molar-refractivity contribution in [2.75, 3.05) is 17.3 Å². The van der Waals surface area contributed by atoms with Crippen LogP contribution in [0.5, 0.6) is 5.75 Å². The van der Waals surface area contributed by atoms with Crippen LogP contribution in [0.2, 0.25) is 0 Å². The Morgan fingerprint density at radius 2 is 1.57 bits per heavy atom. The first-order valence-electron chi connectivity index (χ1n) is 14.1. The van der Waals surface area contributed by atoms with Gasteiger partial charge >= 0.3 is 0 Å². The fraction of sp³-hybridized carbons (Fsp3) is 0.194. The number of benzene rings is 4. The van der Waals surface area contributed by atoms with E-state index in [0.29, 0.717) is 22.6 Å². The zero-order chi connectivity index (χ0) is 29.2. The summed E-state index contributed by atoms with van der Waals surface area (Å²) in [6.45, 7) is 4.07. The number of carbonyl (C=O) groups excluding carboxylic acids is 3. The number of hydrogen-bond donors (Lipinski definition) is 1. The fourth-order valence-corrected chi connectivity index (χ4v) is 7.28. The quantitative estimate of drug-likeness (QED) is 0.295. The number of rotatable bonds is 5. The third-order valence-corrected chi connectivity index (χ3v) is 9.10. The molecular formula is C36H30N2O4. The summed E-state index contributed by atoms with van der Waals surface area (Å²) in [6, 6.07) is 28.2. The molecule has 0 unspecified atom stereocenters. The first-order chi connectivity index (χ1) is 20.4. The third kappa shape index (κ3) is 3.54. The van der Waals surface area contributed by atoms with E-state index < -0.39 is 23.4 Å². The van der Waals surface area contributed by atoms with Crippen molar-refractivity contribution < 1.29 is 19.1 Å². The van der Waals surface area contributed by atoms with Crippen molar-refractivity contribution in [2.45, 2.75) is 31.3 Å². The molecule has 1 spiro atoms. The molecule has 0 aliphatic carbocycles. The summed E-state index contributed by atoms with van der Waals surface area (Å²) in [5, 5.41) is 3.09. The van der Waals surface area contributed by atoms with Gasteiger partial charge in [-0.2, -0.15) is 0 Å². The zero-order valence-electron chi connectivity index (χ0n) is 23.6.